The fourth-order valence-corrected chi connectivity index (χ4v) is 0.928. The largest absolute Gasteiger partial charge is 0.379 e. The summed E-state index contributed by atoms with van der Waals surface area (Å²) in [6, 6.07) is 1.63. The molecule has 0 spiro atoms. The molecule has 60 valence electrons. The molecule has 0 amide bonds. The Balaban J connectivity index is 2.91. The third-order valence-electron chi connectivity index (χ3n) is 1.48. The molecule has 0 saturated carbocycles. The average molecular weight is 154 g/mol. The molecule has 1 aromatic rings. The van der Waals surface area contributed by atoms with Crippen LogP contribution >= 0.6 is 0 Å². The minimum absolute atomic E-state index is 0.489. The van der Waals surface area contributed by atoms with Gasteiger partial charge in [-0.1, -0.05) is 0 Å². The lowest BCUT2D eigenvalue weighted by molar-refractivity contribution is -0.115. The smallest absolute Gasteiger partial charge is 0.154 e. The van der Waals surface area contributed by atoms with Crippen molar-refractivity contribution in [2.24, 2.45) is 0 Å². The molecule has 1 N–H and O–H groups in total. The van der Waals surface area contributed by atoms with Crippen LogP contribution in [0.5, 0.6) is 0 Å². The summed E-state index contributed by atoms with van der Waals surface area (Å²) in [4.78, 5) is 10.2. The second-order valence-electron chi connectivity index (χ2n) is 2.15. The first-order valence-electron chi connectivity index (χ1n) is 3.44. The first kappa shape index (κ1) is 7.94. The van der Waals surface area contributed by atoms with Gasteiger partial charge in [-0.05, 0) is 13.0 Å². The molecular weight excluding hydrogens is 144 g/mol. The molecule has 0 aliphatic rings. The molecule has 0 aliphatic carbocycles. The van der Waals surface area contributed by atoms with E-state index in [0.29, 0.717) is 18.5 Å². The van der Waals surface area contributed by atoms with Crippen LogP contribution in [0.2, 0.25) is 0 Å². The topological polar surface area (TPSA) is 55.1 Å². The number of carbonyl (C=O) groups excluding carboxylic acids is 1. The molecule has 1 heterocycles. The summed E-state index contributed by atoms with van der Waals surface area (Å²) in [5.74, 6) is 0. The highest BCUT2D eigenvalue weighted by atomic mass is 16.3. The zero-order valence-electron chi connectivity index (χ0n) is 6.27. The molecule has 0 aromatic carbocycles. The van der Waals surface area contributed by atoms with Gasteiger partial charge in [-0.3, -0.25) is 4.68 Å². The van der Waals surface area contributed by atoms with Crippen molar-refractivity contribution >= 4 is 6.29 Å². The fraction of sp³-hybridized carbons (Fsp3) is 0.429. The van der Waals surface area contributed by atoms with Gasteiger partial charge in [0.05, 0.1) is 5.69 Å². The molecular formula is C7H10N2O2. The van der Waals surface area contributed by atoms with Crippen molar-refractivity contribution in [2.75, 3.05) is 0 Å². The second-order valence-corrected chi connectivity index (χ2v) is 2.15. The molecule has 1 atom stereocenters. The maximum Gasteiger partial charge on any atom is 0.154 e. The van der Waals surface area contributed by atoms with Crippen molar-refractivity contribution in [1.82, 2.24) is 9.78 Å². The van der Waals surface area contributed by atoms with E-state index in [-0.39, 0.29) is 0 Å². The Labute approximate surface area is 64.5 Å². The van der Waals surface area contributed by atoms with E-state index in [1.54, 1.807) is 16.9 Å². The number of rotatable bonds is 3. The van der Waals surface area contributed by atoms with E-state index < -0.39 is 6.10 Å². The van der Waals surface area contributed by atoms with Crippen LogP contribution in [0.1, 0.15) is 18.7 Å². The number of carbonyl (C=O) groups is 1. The normalized spacial score (nSPS) is 12.9. The molecule has 0 bridgehead atoms. The summed E-state index contributed by atoms with van der Waals surface area (Å²) in [5.41, 5.74) is 0.544. The molecule has 4 nitrogen and oxygen atoms in total. The third-order valence-corrected chi connectivity index (χ3v) is 1.48. The highest BCUT2D eigenvalue weighted by Gasteiger charge is 2.09. The highest BCUT2D eigenvalue weighted by Crippen LogP contribution is 2.08. The van der Waals surface area contributed by atoms with Gasteiger partial charge < -0.3 is 9.90 Å². The van der Waals surface area contributed by atoms with Gasteiger partial charge in [-0.2, -0.15) is 5.10 Å². The number of aromatic nitrogens is 2. The van der Waals surface area contributed by atoms with Gasteiger partial charge in [0, 0.05) is 12.7 Å². The lowest BCUT2D eigenvalue weighted by atomic mass is 10.3. The predicted molar refractivity (Wildman–Crippen MR) is 38.9 cm³/mol. The van der Waals surface area contributed by atoms with Gasteiger partial charge in [-0.25, -0.2) is 0 Å². The zero-order valence-corrected chi connectivity index (χ0v) is 6.27. The number of nitrogens with zero attached hydrogens (tertiary/aromatic N) is 2. The number of aldehydes is 1. The summed E-state index contributed by atoms with van der Waals surface area (Å²) in [7, 11) is 0. The van der Waals surface area contributed by atoms with E-state index >= 15 is 0 Å². The third kappa shape index (κ3) is 1.46. The lowest BCUT2D eigenvalue weighted by Crippen LogP contribution is -2.08. The number of hydrogen-bond donors (Lipinski definition) is 1. The Hall–Kier alpha value is -1.16. The Bertz CT molecular complexity index is 244. The maximum atomic E-state index is 10.2. The van der Waals surface area contributed by atoms with Crippen molar-refractivity contribution in [3.63, 3.8) is 0 Å². The molecule has 1 rings (SSSR count). The second kappa shape index (κ2) is 3.30. The van der Waals surface area contributed by atoms with E-state index in [0.717, 1.165) is 0 Å². The lowest BCUT2D eigenvalue weighted by Gasteiger charge is -2.04. The van der Waals surface area contributed by atoms with Crippen LogP contribution in [0.25, 0.3) is 0 Å². The van der Waals surface area contributed by atoms with Crippen LogP contribution in [0.4, 0.5) is 0 Å². The monoisotopic (exact) mass is 154 g/mol. The van der Waals surface area contributed by atoms with Crippen molar-refractivity contribution in [3.05, 3.63) is 18.0 Å². The van der Waals surface area contributed by atoms with Crippen molar-refractivity contribution in [2.45, 2.75) is 19.6 Å². The number of aliphatic hydroxyl groups excluding tert-OH is 1. The zero-order chi connectivity index (χ0) is 8.27. The summed E-state index contributed by atoms with van der Waals surface area (Å²) >= 11 is 0. The maximum absolute atomic E-state index is 10.2. The molecule has 11 heavy (non-hydrogen) atoms. The van der Waals surface area contributed by atoms with Gasteiger partial charge >= 0.3 is 0 Å². The number of aliphatic hydroxyl groups is 1. The molecule has 4 heteroatoms. The Morgan fingerprint density at radius 1 is 1.91 bits per heavy atom. The minimum atomic E-state index is -1.04. The standard InChI is InChI=1S/C7H10N2O2/c1-2-9-6(3-4-8-9)7(11)5-10/h3-5,7,11H,2H2,1H3. The quantitative estimate of drug-likeness (QED) is 0.630. The van der Waals surface area contributed by atoms with Crippen LogP contribution in [0.15, 0.2) is 12.3 Å². The van der Waals surface area contributed by atoms with Crippen molar-refractivity contribution < 1.29 is 9.90 Å². The van der Waals surface area contributed by atoms with Gasteiger partial charge in [0.15, 0.2) is 12.4 Å². The first-order chi connectivity index (χ1) is 5.29. The van der Waals surface area contributed by atoms with Gasteiger partial charge in [-0.15, -0.1) is 0 Å². The van der Waals surface area contributed by atoms with E-state index in [1.807, 2.05) is 6.92 Å². The molecule has 1 aromatic heterocycles. The highest BCUT2D eigenvalue weighted by molar-refractivity contribution is 5.58. The SMILES string of the molecule is CCn1nccc1C(O)C=O. The first-order valence-corrected chi connectivity index (χ1v) is 3.44. The van der Waals surface area contributed by atoms with Crippen LogP contribution in [-0.4, -0.2) is 21.2 Å². The number of aryl methyl sites for hydroxylation is 1. The summed E-state index contributed by atoms with van der Waals surface area (Å²) in [6.07, 6.45) is 1.01. The predicted octanol–water partition coefficient (Wildman–Crippen LogP) is 0.135. The Morgan fingerprint density at radius 3 is 3.18 bits per heavy atom. The minimum Gasteiger partial charge on any atom is -0.379 e. The van der Waals surface area contributed by atoms with E-state index in [2.05, 4.69) is 5.10 Å². The van der Waals surface area contributed by atoms with Crippen LogP contribution in [0.3, 0.4) is 0 Å². The van der Waals surface area contributed by atoms with Crippen LogP contribution in [-0.2, 0) is 11.3 Å². The van der Waals surface area contributed by atoms with Crippen molar-refractivity contribution in [3.8, 4) is 0 Å². The number of hydrogen-bond acceptors (Lipinski definition) is 3. The fourth-order valence-electron chi connectivity index (χ4n) is 0.928. The molecule has 0 radical (unpaired) electrons. The van der Waals surface area contributed by atoms with Crippen LogP contribution < -0.4 is 0 Å². The van der Waals surface area contributed by atoms with Gasteiger partial charge in [0.1, 0.15) is 0 Å². The van der Waals surface area contributed by atoms with E-state index in [1.165, 1.54) is 0 Å². The molecule has 1 unspecified atom stereocenters. The summed E-state index contributed by atoms with van der Waals surface area (Å²) in [5, 5.41) is 13.0. The van der Waals surface area contributed by atoms with Gasteiger partial charge in [0.2, 0.25) is 0 Å². The van der Waals surface area contributed by atoms with E-state index in [4.69, 9.17) is 5.11 Å². The van der Waals surface area contributed by atoms with E-state index in [9.17, 15) is 4.79 Å². The van der Waals surface area contributed by atoms with Crippen LogP contribution in [0, 0.1) is 0 Å². The molecule has 0 aliphatic heterocycles. The Morgan fingerprint density at radius 2 is 2.64 bits per heavy atom. The van der Waals surface area contributed by atoms with Gasteiger partial charge in [0.25, 0.3) is 0 Å². The Kier molecular flexibility index (Phi) is 2.38. The molecule has 0 fully saturated rings. The molecule has 0 saturated heterocycles. The summed E-state index contributed by atoms with van der Waals surface area (Å²) < 4.78 is 1.58. The van der Waals surface area contributed by atoms with Crippen molar-refractivity contribution in [1.29, 1.82) is 0 Å². The summed E-state index contributed by atoms with van der Waals surface area (Å²) in [6.45, 7) is 2.56. The average Bonchev–Trinajstić information content (AvgIpc) is 2.50.